The second-order valence-electron chi connectivity index (χ2n) is 4.86. The Hall–Kier alpha value is -1.27. The van der Waals surface area contributed by atoms with Crippen molar-refractivity contribution in [1.82, 2.24) is 5.32 Å². The van der Waals surface area contributed by atoms with Crippen molar-refractivity contribution in [1.29, 1.82) is 0 Å². The second-order valence-corrected chi connectivity index (χ2v) is 4.86. The molecule has 0 amide bonds. The Kier molecular flexibility index (Phi) is 6.29. The van der Waals surface area contributed by atoms with Crippen LogP contribution in [-0.4, -0.2) is 37.1 Å². The topological polar surface area (TPSA) is 41.5 Å². The summed E-state index contributed by atoms with van der Waals surface area (Å²) in [6.45, 7) is 3.79. The van der Waals surface area contributed by atoms with Gasteiger partial charge in [0, 0.05) is 13.1 Å². The fourth-order valence-electron chi connectivity index (χ4n) is 1.77. The van der Waals surface area contributed by atoms with Crippen LogP contribution in [0.2, 0.25) is 0 Å². The third-order valence-corrected chi connectivity index (χ3v) is 2.60. The van der Waals surface area contributed by atoms with E-state index in [2.05, 4.69) is 5.32 Å². The highest BCUT2D eigenvalue weighted by atomic mass is 19.4. The van der Waals surface area contributed by atoms with Crippen molar-refractivity contribution >= 4 is 0 Å². The number of alkyl halides is 3. The minimum Gasteiger partial charge on any atom is -0.491 e. The number of ether oxygens (including phenoxy) is 1. The van der Waals surface area contributed by atoms with Crippen molar-refractivity contribution in [2.45, 2.75) is 32.5 Å². The lowest BCUT2D eigenvalue weighted by Crippen LogP contribution is -2.33. The molecule has 0 spiro atoms. The zero-order valence-corrected chi connectivity index (χ0v) is 11.6. The number of aliphatic hydroxyl groups is 1. The molecular formula is C14H20F3NO2. The molecule has 114 valence electrons. The van der Waals surface area contributed by atoms with Crippen LogP contribution in [0.5, 0.6) is 5.75 Å². The lowest BCUT2D eigenvalue weighted by atomic mass is 10.1. The Morgan fingerprint density at radius 1 is 1.20 bits per heavy atom. The van der Waals surface area contributed by atoms with Crippen LogP contribution in [0.4, 0.5) is 13.2 Å². The Labute approximate surface area is 116 Å². The van der Waals surface area contributed by atoms with Crippen molar-refractivity contribution in [3.63, 3.8) is 0 Å². The van der Waals surface area contributed by atoms with Crippen LogP contribution in [0.25, 0.3) is 0 Å². The van der Waals surface area contributed by atoms with E-state index in [0.29, 0.717) is 5.75 Å². The van der Waals surface area contributed by atoms with Gasteiger partial charge in [-0.3, -0.25) is 0 Å². The summed E-state index contributed by atoms with van der Waals surface area (Å²) in [4.78, 5) is 0. The predicted molar refractivity (Wildman–Crippen MR) is 71.0 cm³/mol. The van der Waals surface area contributed by atoms with Gasteiger partial charge in [-0.1, -0.05) is 6.07 Å². The van der Waals surface area contributed by atoms with Crippen molar-refractivity contribution in [2.24, 2.45) is 0 Å². The molecule has 0 saturated carbocycles. The van der Waals surface area contributed by atoms with Crippen molar-refractivity contribution in [2.75, 3.05) is 19.7 Å². The number of halogens is 3. The number of rotatable bonds is 7. The fourth-order valence-corrected chi connectivity index (χ4v) is 1.77. The summed E-state index contributed by atoms with van der Waals surface area (Å²) in [5.74, 6) is 0.650. The highest BCUT2D eigenvalue weighted by Gasteiger charge is 2.26. The molecule has 1 rings (SSSR count). The molecular weight excluding hydrogens is 271 g/mol. The third kappa shape index (κ3) is 7.35. The molecule has 6 heteroatoms. The van der Waals surface area contributed by atoms with Crippen LogP contribution in [0.1, 0.15) is 17.5 Å². The van der Waals surface area contributed by atoms with E-state index in [4.69, 9.17) is 4.74 Å². The smallest absolute Gasteiger partial charge is 0.390 e. The van der Waals surface area contributed by atoms with Gasteiger partial charge in [-0.25, -0.2) is 0 Å². The van der Waals surface area contributed by atoms with E-state index in [0.717, 1.165) is 11.1 Å². The van der Waals surface area contributed by atoms with Crippen molar-refractivity contribution in [3.8, 4) is 5.75 Å². The lowest BCUT2D eigenvalue weighted by Gasteiger charge is -2.14. The van der Waals surface area contributed by atoms with Crippen molar-refractivity contribution < 1.29 is 23.0 Å². The molecule has 1 aromatic rings. The summed E-state index contributed by atoms with van der Waals surface area (Å²) in [6, 6.07) is 5.69. The summed E-state index contributed by atoms with van der Waals surface area (Å²) < 4.78 is 41.1. The third-order valence-electron chi connectivity index (χ3n) is 2.60. The van der Waals surface area contributed by atoms with Crippen molar-refractivity contribution in [3.05, 3.63) is 29.3 Å². The molecule has 0 aliphatic heterocycles. The molecule has 0 aliphatic carbocycles. The SMILES string of the molecule is Cc1cc(C)cc(OCC(O)CNCCC(F)(F)F)c1. The average molecular weight is 291 g/mol. The van der Waals surface area contributed by atoms with Gasteiger partial charge < -0.3 is 15.2 Å². The molecule has 3 nitrogen and oxygen atoms in total. The van der Waals surface area contributed by atoms with Gasteiger partial charge in [0.25, 0.3) is 0 Å². The number of hydrogen-bond donors (Lipinski definition) is 2. The van der Waals surface area contributed by atoms with E-state index < -0.39 is 18.7 Å². The molecule has 0 aliphatic rings. The highest BCUT2D eigenvalue weighted by molar-refractivity contribution is 5.32. The molecule has 1 aromatic carbocycles. The second kappa shape index (κ2) is 7.50. The minimum absolute atomic E-state index is 0.0436. The first-order valence-electron chi connectivity index (χ1n) is 6.43. The van der Waals surface area contributed by atoms with Gasteiger partial charge in [0.15, 0.2) is 0 Å². The molecule has 0 aromatic heterocycles. The van der Waals surface area contributed by atoms with E-state index in [9.17, 15) is 18.3 Å². The largest absolute Gasteiger partial charge is 0.491 e. The number of aliphatic hydroxyl groups excluding tert-OH is 1. The molecule has 0 fully saturated rings. The Bertz CT molecular complexity index is 401. The normalized spacial score (nSPS) is 13.3. The first kappa shape index (κ1) is 16.8. The van der Waals surface area contributed by atoms with Gasteiger partial charge in [0.2, 0.25) is 0 Å². The first-order valence-corrected chi connectivity index (χ1v) is 6.43. The van der Waals surface area contributed by atoms with E-state index in [-0.39, 0.29) is 19.7 Å². The van der Waals surface area contributed by atoms with Crippen LogP contribution in [0.15, 0.2) is 18.2 Å². The molecule has 0 saturated heterocycles. The maximum Gasteiger partial charge on any atom is 0.390 e. The molecule has 20 heavy (non-hydrogen) atoms. The van der Waals surface area contributed by atoms with Gasteiger partial charge in [-0.05, 0) is 37.1 Å². The number of benzene rings is 1. The lowest BCUT2D eigenvalue weighted by molar-refractivity contribution is -0.133. The summed E-state index contributed by atoms with van der Waals surface area (Å²) >= 11 is 0. The zero-order chi connectivity index (χ0) is 15.2. The Balaban J connectivity index is 2.24. The van der Waals surface area contributed by atoms with Gasteiger partial charge in [-0.2, -0.15) is 13.2 Å². The summed E-state index contributed by atoms with van der Waals surface area (Å²) in [7, 11) is 0. The maximum atomic E-state index is 11.9. The zero-order valence-electron chi connectivity index (χ0n) is 11.6. The summed E-state index contributed by atoms with van der Waals surface area (Å²) in [5, 5.41) is 12.2. The van der Waals surface area contributed by atoms with Crippen LogP contribution in [0.3, 0.4) is 0 Å². The number of nitrogens with one attached hydrogen (secondary N) is 1. The highest BCUT2D eigenvalue weighted by Crippen LogP contribution is 2.18. The van der Waals surface area contributed by atoms with E-state index in [1.807, 2.05) is 32.0 Å². The first-order chi connectivity index (χ1) is 9.26. The molecule has 0 bridgehead atoms. The fraction of sp³-hybridized carbons (Fsp3) is 0.571. The maximum absolute atomic E-state index is 11.9. The molecule has 1 atom stereocenters. The van der Waals surface area contributed by atoms with Crippen LogP contribution in [-0.2, 0) is 0 Å². The monoisotopic (exact) mass is 291 g/mol. The summed E-state index contributed by atoms with van der Waals surface area (Å²) in [5.41, 5.74) is 2.11. The molecule has 1 unspecified atom stereocenters. The average Bonchev–Trinajstić information content (AvgIpc) is 2.30. The van der Waals surface area contributed by atoms with E-state index in [1.165, 1.54) is 0 Å². The standard InChI is InChI=1S/C14H20F3NO2/c1-10-5-11(2)7-13(6-10)20-9-12(19)8-18-4-3-14(15,16)17/h5-7,12,18-19H,3-4,8-9H2,1-2H3. The van der Waals surface area contributed by atoms with Gasteiger partial charge in [-0.15, -0.1) is 0 Å². The number of hydrogen-bond acceptors (Lipinski definition) is 3. The number of aryl methyl sites for hydroxylation is 2. The Morgan fingerprint density at radius 2 is 1.80 bits per heavy atom. The molecule has 2 N–H and O–H groups in total. The van der Waals surface area contributed by atoms with Gasteiger partial charge >= 0.3 is 6.18 Å². The van der Waals surface area contributed by atoms with Crippen LogP contribution < -0.4 is 10.1 Å². The molecule has 0 radical (unpaired) electrons. The van der Waals surface area contributed by atoms with Gasteiger partial charge in [0.05, 0.1) is 6.42 Å². The minimum atomic E-state index is -4.17. The van der Waals surface area contributed by atoms with Crippen LogP contribution in [0, 0.1) is 13.8 Å². The van der Waals surface area contributed by atoms with Gasteiger partial charge in [0.1, 0.15) is 18.5 Å². The van der Waals surface area contributed by atoms with E-state index >= 15 is 0 Å². The Morgan fingerprint density at radius 3 is 2.35 bits per heavy atom. The van der Waals surface area contributed by atoms with Crippen LogP contribution >= 0.6 is 0 Å². The predicted octanol–water partition coefficient (Wildman–Crippen LogP) is 2.59. The molecule has 0 heterocycles. The summed E-state index contributed by atoms with van der Waals surface area (Å²) in [6.07, 6.45) is -5.92. The quantitative estimate of drug-likeness (QED) is 0.759. The van der Waals surface area contributed by atoms with E-state index in [1.54, 1.807) is 0 Å².